The Morgan fingerprint density at radius 2 is 1.79 bits per heavy atom. The van der Waals surface area contributed by atoms with E-state index in [-0.39, 0.29) is 18.2 Å². The Morgan fingerprint density at radius 3 is 2.52 bits per heavy atom. The van der Waals surface area contributed by atoms with Crippen LogP contribution in [-0.4, -0.2) is 68.7 Å². The third-order valence-corrected chi connectivity index (χ3v) is 7.54. The minimum absolute atomic E-state index is 0.0242. The number of amides is 1. The van der Waals surface area contributed by atoms with Gasteiger partial charge in [-0.3, -0.25) is 4.79 Å². The topological polar surface area (TPSA) is 91.8 Å². The number of piperazine rings is 1. The molecule has 0 radical (unpaired) electrons. The third kappa shape index (κ3) is 5.26. The van der Waals surface area contributed by atoms with Crippen LogP contribution in [0.15, 0.2) is 60.8 Å². The zero-order chi connectivity index (χ0) is 23.3. The zero-order valence-electron chi connectivity index (χ0n) is 18.6. The van der Waals surface area contributed by atoms with Crippen LogP contribution in [0.1, 0.15) is 17.3 Å². The van der Waals surface area contributed by atoms with Gasteiger partial charge in [0.25, 0.3) is 5.91 Å². The Morgan fingerprint density at radius 1 is 1.03 bits per heavy atom. The van der Waals surface area contributed by atoms with Gasteiger partial charge in [0.15, 0.2) is 0 Å². The summed E-state index contributed by atoms with van der Waals surface area (Å²) in [6.45, 7) is 4.26. The molecule has 174 valence electrons. The molecule has 8 nitrogen and oxygen atoms in total. The summed E-state index contributed by atoms with van der Waals surface area (Å²) in [5, 5.41) is 4.47. The van der Waals surface area contributed by atoms with E-state index < -0.39 is 10.0 Å². The van der Waals surface area contributed by atoms with E-state index in [1.807, 2.05) is 55.5 Å². The zero-order valence-corrected chi connectivity index (χ0v) is 19.4. The van der Waals surface area contributed by atoms with Crippen LogP contribution < -0.4 is 15.0 Å². The second-order valence-corrected chi connectivity index (χ2v) is 9.83. The van der Waals surface area contributed by atoms with Crippen LogP contribution in [0.5, 0.6) is 5.75 Å². The van der Waals surface area contributed by atoms with Crippen molar-refractivity contribution < 1.29 is 17.9 Å². The van der Waals surface area contributed by atoms with E-state index in [0.717, 1.165) is 16.6 Å². The van der Waals surface area contributed by atoms with Crippen LogP contribution in [0.25, 0.3) is 10.8 Å². The van der Waals surface area contributed by atoms with Crippen molar-refractivity contribution in [3.05, 3.63) is 66.4 Å². The fourth-order valence-corrected chi connectivity index (χ4v) is 5.35. The Hall–Kier alpha value is -3.17. The monoisotopic (exact) mass is 468 g/mol. The lowest BCUT2D eigenvalue weighted by Crippen LogP contribution is -2.50. The van der Waals surface area contributed by atoms with Crippen LogP contribution in [0.4, 0.5) is 5.82 Å². The molecule has 2 aromatic carbocycles. The number of fused-ring (bicyclic) bond motifs is 1. The average Bonchev–Trinajstić information content (AvgIpc) is 2.84. The maximum Gasteiger partial charge on any atom is 0.255 e. The van der Waals surface area contributed by atoms with Crippen LogP contribution in [-0.2, 0) is 10.0 Å². The van der Waals surface area contributed by atoms with Gasteiger partial charge in [-0.1, -0.05) is 36.4 Å². The van der Waals surface area contributed by atoms with E-state index in [2.05, 4.69) is 15.2 Å². The molecule has 3 aromatic rings. The molecule has 0 spiro atoms. The van der Waals surface area contributed by atoms with Gasteiger partial charge in [0.1, 0.15) is 11.6 Å². The number of pyridine rings is 1. The number of ether oxygens (including phenoxy) is 1. The molecule has 0 unspecified atom stereocenters. The summed E-state index contributed by atoms with van der Waals surface area (Å²) >= 11 is 0. The van der Waals surface area contributed by atoms with E-state index in [9.17, 15) is 13.2 Å². The van der Waals surface area contributed by atoms with Crippen molar-refractivity contribution in [3.8, 4) is 5.75 Å². The molecule has 1 amide bonds. The van der Waals surface area contributed by atoms with E-state index in [4.69, 9.17) is 4.74 Å². The number of carbonyl (C=O) groups excluding carboxylic acids is 1. The number of nitrogens with one attached hydrogen (secondary N) is 1. The standard InChI is InChI=1S/C24H28N4O4S/c1-2-32-21-11-10-19-7-3-4-8-20(19)23(21)24(29)26-13-18-33(30,31)28-16-14-27(15-17-28)22-9-5-6-12-25-22/h3-12H,2,13-18H2,1H3,(H,26,29). The van der Waals surface area contributed by atoms with Crippen molar-refractivity contribution in [2.75, 3.05) is 50.0 Å². The molecule has 1 aromatic heterocycles. The van der Waals surface area contributed by atoms with Gasteiger partial charge in [-0.05, 0) is 35.9 Å². The number of rotatable bonds is 8. The maximum absolute atomic E-state index is 13.0. The normalized spacial score (nSPS) is 14.9. The lowest BCUT2D eigenvalue weighted by Gasteiger charge is -2.34. The molecule has 0 atom stereocenters. The molecule has 33 heavy (non-hydrogen) atoms. The van der Waals surface area contributed by atoms with Gasteiger partial charge in [0.2, 0.25) is 10.0 Å². The fraction of sp³-hybridized carbons (Fsp3) is 0.333. The molecule has 1 N–H and O–H groups in total. The molecule has 9 heteroatoms. The van der Waals surface area contributed by atoms with Crippen LogP contribution in [0, 0.1) is 0 Å². The number of carbonyl (C=O) groups is 1. The number of aromatic nitrogens is 1. The van der Waals surface area contributed by atoms with Crippen LogP contribution >= 0.6 is 0 Å². The van der Waals surface area contributed by atoms with E-state index in [1.165, 1.54) is 4.31 Å². The van der Waals surface area contributed by atoms with E-state index in [0.29, 0.717) is 44.1 Å². The van der Waals surface area contributed by atoms with Gasteiger partial charge in [0, 0.05) is 38.9 Å². The number of hydrogen-bond acceptors (Lipinski definition) is 6. The van der Waals surface area contributed by atoms with Gasteiger partial charge >= 0.3 is 0 Å². The summed E-state index contributed by atoms with van der Waals surface area (Å²) in [4.78, 5) is 19.4. The van der Waals surface area contributed by atoms with E-state index >= 15 is 0 Å². The summed E-state index contributed by atoms with van der Waals surface area (Å²) in [6.07, 6.45) is 1.73. The quantitative estimate of drug-likeness (QED) is 0.546. The van der Waals surface area contributed by atoms with Crippen LogP contribution in [0.2, 0.25) is 0 Å². The highest BCUT2D eigenvalue weighted by Gasteiger charge is 2.27. The Balaban J connectivity index is 1.37. The summed E-state index contributed by atoms with van der Waals surface area (Å²) in [6, 6.07) is 16.9. The second kappa shape index (κ2) is 10.2. The molecule has 0 saturated carbocycles. The minimum Gasteiger partial charge on any atom is -0.493 e. The fourth-order valence-electron chi connectivity index (χ4n) is 4.01. The largest absolute Gasteiger partial charge is 0.493 e. The minimum atomic E-state index is -3.49. The molecule has 2 heterocycles. The number of benzene rings is 2. The van der Waals surface area contributed by atoms with Crippen LogP contribution in [0.3, 0.4) is 0 Å². The smallest absolute Gasteiger partial charge is 0.255 e. The van der Waals surface area contributed by atoms with Crippen molar-refractivity contribution in [2.24, 2.45) is 0 Å². The Labute approximate surface area is 194 Å². The Bertz CT molecular complexity index is 1210. The van der Waals surface area contributed by atoms with Gasteiger partial charge in [-0.2, -0.15) is 4.31 Å². The average molecular weight is 469 g/mol. The first-order valence-electron chi connectivity index (χ1n) is 11.1. The molecule has 1 saturated heterocycles. The number of nitrogens with zero attached hydrogens (tertiary/aromatic N) is 3. The summed E-state index contributed by atoms with van der Waals surface area (Å²) in [5.41, 5.74) is 0.427. The molecule has 0 aliphatic carbocycles. The van der Waals surface area contributed by atoms with Crippen molar-refractivity contribution in [1.29, 1.82) is 0 Å². The molecule has 1 aliphatic rings. The van der Waals surface area contributed by atoms with Gasteiger partial charge < -0.3 is 15.0 Å². The van der Waals surface area contributed by atoms with Crippen molar-refractivity contribution in [1.82, 2.24) is 14.6 Å². The third-order valence-electron chi connectivity index (χ3n) is 5.67. The number of sulfonamides is 1. The summed E-state index contributed by atoms with van der Waals surface area (Å²) in [7, 11) is -3.49. The van der Waals surface area contributed by atoms with Crippen molar-refractivity contribution >= 4 is 32.5 Å². The molecular formula is C24H28N4O4S. The van der Waals surface area contributed by atoms with Gasteiger partial charge in [-0.25, -0.2) is 13.4 Å². The molecular weight excluding hydrogens is 440 g/mol. The molecule has 0 bridgehead atoms. The highest BCUT2D eigenvalue weighted by Crippen LogP contribution is 2.28. The lowest BCUT2D eigenvalue weighted by atomic mass is 10.0. The summed E-state index contributed by atoms with van der Waals surface area (Å²) in [5.74, 6) is 0.839. The Kier molecular flexibility index (Phi) is 7.10. The van der Waals surface area contributed by atoms with E-state index in [1.54, 1.807) is 12.3 Å². The SMILES string of the molecule is CCOc1ccc2ccccc2c1C(=O)NCCS(=O)(=O)N1CCN(c2ccccn2)CC1. The lowest BCUT2D eigenvalue weighted by molar-refractivity contribution is 0.0954. The number of hydrogen-bond donors (Lipinski definition) is 1. The van der Waals surface area contributed by atoms with Crippen molar-refractivity contribution in [2.45, 2.75) is 6.92 Å². The van der Waals surface area contributed by atoms with Crippen molar-refractivity contribution in [3.63, 3.8) is 0 Å². The maximum atomic E-state index is 13.0. The second-order valence-electron chi connectivity index (χ2n) is 7.74. The highest BCUT2D eigenvalue weighted by atomic mass is 32.2. The van der Waals surface area contributed by atoms with Gasteiger partial charge in [0.05, 0.1) is 17.9 Å². The number of anilines is 1. The predicted molar refractivity (Wildman–Crippen MR) is 129 cm³/mol. The predicted octanol–water partition coefficient (Wildman–Crippen LogP) is 2.52. The highest BCUT2D eigenvalue weighted by molar-refractivity contribution is 7.89. The first-order valence-corrected chi connectivity index (χ1v) is 12.7. The first kappa shape index (κ1) is 23.0. The van der Waals surface area contributed by atoms with Gasteiger partial charge in [-0.15, -0.1) is 0 Å². The summed E-state index contributed by atoms with van der Waals surface area (Å²) < 4.78 is 32.8. The molecule has 1 aliphatic heterocycles. The molecule has 1 fully saturated rings. The molecule has 4 rings (SSSR count). The first-order chi connectivity index (χ1) is 16.0.